The first kappa shape index (κ1) is 52.6. The van der Waals surface area contributed by atoms with Gasteiger partial charge in [-0.1, -0.05) is 118 Å². The van der Waals surface area contributed by atoms with Gasteiger partial charge in [-0.2, -0.15) is 0 Å². The Kier molecular flexibility index (Phi) is 18.3. The van der Waals surface area contributed by atoms with Crippen LogP contribution in [0.2, 0.25) is 0 Å². The molecule has 74 heavy (non-hydrogen) atoms. The first-order valence-corrected chi connectivity index (χ1v) is 23.7. The molecule has 2 N–H and O–H groups in total. The number of esters is 2. The van der Waals surface area contributed by atoms with Gasteiger partial charge in [0.15, 0.2) is 19.8 Å². The van der Waals surface area contributed by atoms with Gasteiger partial charge in [0.2, 0.25) is 0 Å². The van der Waals surface area contributed by atoms with Crippen molar-refractivity contribution < 1.29 is 51.3 Å². The van der Waals surface area contributed by atoms with Crippen molar-refractivity contribution >= 4 is 50.8 Å². The van der Waals surface area contributed by atoms with Crippen LogP contribution in [0.5, 0.6) is 17.2 Å². The number of ether oxygens (including phenoxy) is 5. The number of hydrogen-bond donors (Lipinski definition) is 1. The lowest BCUT2D eigenvalue weighted by Crippen LogP contribution is -2.19. The molecule has 0 aliphatic rings. The van der Waals surface area contributed by atoms with Crippen LogP contribution in [0.4, 0.5) is 0 Å². The van der Waals surface area contributed by atoms with Crippen molar-refractivity contribution in [1.29, 1.82) is 0 Å². The molecule has 378 valence electrons. The average molecular weight is 1000 g/mol. The summed E-state index contributed by atoms with van der Waals surface area (Å²) in [7, 11) is 0. The van der Waals surface area contributed by atoms with Crippen LogP contribution >= 0.6 is 0 Å². The number of amides is 1. The maximum Gasteiger partial charge on any atom is 0.344 e. The Labute approximate surface area is 424 Å². The Balaban J connectivity index is 0.000000163. The van der Waals surface area contributed by atoms with Crippen LogP contribution in [0.3, 0.4) is 0 Å². The first-order valence-electron chi connectivity index (χ1n) is 23.7. The number of nitrogens with two attached hydrogens (primary N) is 1. The van der Waals surface area contributed by atoms with Crippen LogP contribution in [0.25, 0.3) is 66.3 Å². The molecule has 0 spiro atoms. The quantitative estimate of drug-likeness (QED) is 0.0510. The summed E-state index contributed by atoms with van der Waals surface area (Å²) in [6.07, 6.45) is 1.79. The number of unbranched alkanes of at least 4 members (excludes halogenated alkanes) is 1. The third-order valence-corrected chi connectivity index (χ3v) is 10.8. The third kappa shape index (κ3) is 14.9. The molecule has 1 amide bonds. The van der Waals surface area contributed by atoms with E-state index in [-0.39, 0.29) is 25.7 Å². The van der Waals surface area contributed by atoms with E-state index in [2.05, 4.69) is 0 Å². The summed E-state index contributed by atoms with van der Waals surface area (Å²) in [5, 5.41) is 2.39. The maximum absolute atomic E-state index is 11.9. The molecule has 15 heteroatoms. The van der Waals surface area contributed by atoms with Crippen LogP contribution in [0.15, 0.2) is 191 Å². The van der Waals surface area contributed by atoms with E-state index >= 15 is 0 Å². The Bertz CT molecular complexity index is 3530. The molecule has 0 fully saturated rings. The van der Waals surface area contributed by atoms with Gasteiger partial charge in [0.1, 0.15) is 34.0 Å². The molecule has 0 aliphatic carbocycles. The van der Waals surface area contributed by atoms with Crippen molar-refractivity contribution in [2.75, 3.05) is 33.0 Å². The van der Waals surface area contributed by atoms with Gasteiger partial charge >= 0.3 is 28.8 Å². The molecule has 3 heterocycles. The lowest BCUT2D eigenvalue weighted by Gasteiger charge is -2.10. The highest BCUT2D eigenvalue weighted by Crippen LogP contribution is 2.32. The number of hydrogen-bond acceptors (Lipinski definition) is 14. The third-order valence-electron chi connectivity index (χ3n) is 10.8. The molecule has 0 bridgehead atoms. The fourth-order valence-electron chi connectivity index (χ4n) is 7.38. The van der Waals surface area contributed by atoms with Gasteiger partial charge in [0, 0.05) is 52.6 Å². The monoisotopic (exact) mass is 999 g/mol. The van der Waals surface area contributed by atoms with Gasteiger partial charge in [-0.3, -0.25) is 4.79 Å². The molecule has 0 saturated carbocycles. The van der Waals surface area contributed by atoms with Crippen molar-refractivity contribution in [2.24, 2.45) is 11.7 Å². The van der Waals surface area contributed by atoms with E-state index in [0.717, 1.165) is 62.4 Å². The minimum atomic E-state index is -0.570. The smallest absolute Gasteiger partial charge is 0.344 e. The molecule has 9 aromatic rings. The highest BCUT2D eigenvalue weighted by atomic mass is 16.6. The molecule has 0 radical (unpaired) electrons. The molecule has 0 unspecified atom stereocenters. The van der Waals surface area contributed by atoms with E-state index in [1.54, 1.807) is 42.5 Å². The van der Waals surface area contributed by atoms with Crippen molar-refractivity contribution in [3.63, 3.8) is 0 Å². The number of fused-ring (bicyclic) bond motifs is 3. The lowest BCUT2D eigenvalue weighted by molar-refractivity contribution is -0.147. The zero-order valence-electron chi connectivity index (χ0n) is 40.9. The normalized spacial score (nSPS) is 10.7. The summed E-state index contributed by atoms with van der Waals surface area (Å²) < 4.78 is 42.1. The van der Waals surface area contributed by atoms with Gasteiger partial charge in [-0.05, 0) is 82.1 Å². The molecule has 9 rings (SSSR count). The van der Waals surface area contributed by atoms with Crippen LogP contribution in [-0.2, 0) is 23.9 Å². The van der Waals surface area contributed by atoms with Crippen LogP contribution in [-0.4, -0.2) is 50.9 Å². The van der Waals surface area contributed by atoms with Crippen LogP contribution < -0.4 is 36.8 Å². The van der Waals surface area contributed by atoms with E-state index in [0.29, 0.717) is 47.2 Å². The van der Waals surface area contributed by atoms with Gasteiger partial charge < -0.3 is 42.7 Å². The second-order valence-electron chi connectivity index (χ2n) is 17.0. The predicted molar refractivity (Wildman–Crippen MR) is 281 cm³/mol. The topological polar surface area (TPSA) is 214 Å². The minimum Gasteiger partial charge on any atom is -0.484 e. The lowest BCUT2D eigenvalue weighted by atomic mass is 10.0. The van der Waals surface area contributed by atoms with Crippen molar-refractivity contribution in [3.05, 3.63) is 195 Å². The van der Waals surface area contributed by atoms with Crippen molar-refractivity contribution in [3.8, 4) is 50.6 Å². The second kappa shape index (κ2) is 25.7. The maximum atomic E-state index is 11.9. The fourth-order valence-corrected chi connectivity index (χ4v) is 7.38. The molecule has 0 aliphatic heterocycles. The van der Waals surface area contributed by atoms with E-state index in [1.807, 2.05) is 124 Å². The number of rotatable bonds is 17. The summed E-state index contributed by atoms with van der Waals surface area (Å²) in [6, 6.07) is 48.6. The summed E-state index contributed by atoms with van der Waals surface area (Å²) in [6.45, 7) is 6.10. The molecule has 3 aromatic heterocycles. The standard InChI is InChI=1S/2C21H20O5.C17H13NO4/c1-14(2)12-25-21(23)13-24-16-8-9-17-18(15-6-4-3-5-7-15)11-20(22)26-19(17)10-16;1-2-3-11-24-21(23)14-25-16-9-10-17-18(15-7-5-4-6-8-15)13-20(22)26-19(17)12-16;18-16(19)10-21-12-6-7-13-14(11-4-2-1-3-5-11)9-17(20)22-15(13)8-12/h3-11,14H,12-13H2,1-2H3;4-10,12-13H,2-3,11,14H2,1H3;1-9H,10H2,(H2,18,19). The van der Waals surface area contributed by atoms with Gasteiger partial charge in [0.05, 0.1) is 13.2 Å². The van der Waals surface area contributed by atoms with Gasteiger partial charge in [-0.25, -0.2) is 24.0 Å². The second-order valence-corrected chi connectivity index (χ2v) is 17.0. The summed E-state index contributed by atoms with van der Waals surface area (Å²) in [4.78, 5) is 69.7. The first-order chi connectivity index (χ1) is 35.8. The largest absolute Gasteiger partial charge is 0.484 e. The molecular formula is C59H53NO14. The summed E-state index contributed by atoms with van der Waals surface area (Å²) >= 11 is 0. The van der Waals surface area contributed by atoms with E-state index in [4.69, 9.17) is 42.7 Å². The Morgan fingerprint density at radius 1 is 0.473 bits per heavy atom. The van der Waals surface area contributed by atoms with E-state index < -0.39 is 34.7 Å². The van der Waals surface area contributed by atoms with Gasteiger partial charge in [-0.15, -0.1) is 0 Å². The fraction of sp³-hybridized carbons (Fsp3) is 0.186. The zero-order valence-corrected chi connectivity index (χ0v) is 40.9. The number of primary amides is 1. The number of carbonyl (C=O) groups is 3. The van der Waals surface area contributed by atoms with Gasteiger partial charge in [0.25, 0.3) is 5.91 Å². The van der Waals surface area contributed by atoms with E-state index in [9.17, 15) is 28.8 Å². The van der Waals surface area contributed by atoms with Crippen molar-refractivity contribution in [2.45, 2.75) is 33.6 Å². The van der Waals surface area contributed by atoms with E-state index in [1.165, 1.54) is 18.2 Å². The molecule has 6 aromatic carbocycles. The Hall–Kier alpha value is -9.24. The van der Waals surface area contributed by atoms with Crippen LogP contribution in [0.1, 0.15) is 33.6 Å². The summed E-state index contributed by atoms with van der Waals surface area (Å²) in [5.41, 5.74) is 10.1. The SMILES string of the molecule is CC(C)COC(=O)COc1ccc2c(-c3ccccc3)cc(=O)oc2c1.CCCCOC(=O)COc1ccc2c(-c3ccccc3)cc(=O)oc2c1.NC(=O)COc1ccc2c(-c3ccccc3)cc(=O)oc2c1. The Morgan fingerprint density at radius 3 is 1.16 bits per heavy atom. The molecule has 0 atom stereocenters. The molecule has 15 nitrogen and oxygen atoms in total. The number of benzene rings is 6. The predicted octanol–water partition coefficient (Wildman–Crippen LogP) is 10.5. The average Bonchev–Trinajstić information content (AvgIpc) is 3.40. The summed E-state index contributed by atoms with van der Waals surface area (Å²) in [5.74, 6) is 0.145. The molecular weight excluding hydrogens is 947 g/mol. The molecule has 0 saturated heterocycles. The minimum absolute atomic E-state index is 0.183. The van der Waals surface area contributed by atoms with Crippen LogP contribution in [0, 0.1) is 5.92 Å². The highest BCUT2D eigenvalue weighted by Gasteiger charge is 2.14. The highest BCUT2D eigenvalue weighted by molar-refractivity contribution is 5.96. The zero-order chi connectivity index (χ0) is 52.4. The number of carbonyl (C=O) groups excluding carboxylic acids is 3. The Morgan fingerprint density at radius 2 is 0.824 bits per heavy atom. The van der Waals surface area contributed by atoms with Crippen molar-refractivity contribution in [1.82, 2.24) is 0 Å².